The highest BCUT2D eigenvalue weighted by Gasteiger charge is 2.23. The maximum atomic E-state index is 4.30. The molecular weight excluding hydrogens is 254 g/mol. The predicted molar refractivity (Wildman–Crippen MR) is 81.4 cm³/mol. The van der Waals surface area contributed by atoms with Crippen LogP contribution in [-0.4, -0.2) is 28.3 Å². The normalized spacial score (nSPS) is 18.4. The van der Waals surface area contributed by atoms with E-state index in [2.05, 4.69) is 22.2 Å². The maximum absolute atomic E-state index is 4.30. The topological polar surface area (TPSA) is 37.8 Å². The summed E-state index contributed by atoms with van der Waals surface area (Å²) in [4.78, 5) is 8.60. The van der Waals surface area contributed by atoms with Crippen molar-refractivity contribution in [3.05, 3.63) is 18.5 Å². The van der Waals surface area contributed by atoms with Crippen LogP contribution < -0.4 is 5.32 Å². The van der Waals surface area contributed by atoms with Crippen molar-refractivity contribution in [1.29, 1.82) is 0 Å². The van der Waals surface area contributed by atoms with Gasteiger partial charge in [-0.2, -0.15) is 0 Å². The third kappa shape index (κ3) is 5.11. The quantitative estimate of drug-likeness (QED) is 0.612. The summed E-state index contributed by atoms with van der Waals surface area (Å²) in [5.41, 5.74) is 0. The Balaban J connectivity index is 1.85. The molecule has 0 spiro atoms. The molecule has 0 aliphatic heterocycles. The zero-order chi connectivity index (χ0) is 13.3. The van der Waals surface area contributed by atoms with E-state index in [9.17, 15) is 0 Å². The number of rotatable bonds is 7. The molecule has 1 aliphatic rings. The summed E-state index contributed by atoms with van der Waals surface area (Å²) in [6.45, 7) is 3.36. The number of aromatic nitrogens is 2. The molecule has 1 saturated carbocycles. The Kier molecular flexibility index (Phi) is 6.65. The van der Waals surface area contributed by atoms with Gasteiger partial charge in [0.15, 0.2) is 5.16 Å². The van der Waals surface area contributed by atoms with Gasteiger partial charge in [-0.05, 0) is 37.8 Å². The van der Waals surface area contributed by atoms with Gasteiger partial charge in [-0.25, -0.2) is 9.97 Å². The fourth-order valence-electron chi connectivity index (χ4n) is 2.75. The molecule has 0 amide bonds. The van der Waals surface area contributed by atoms with Crippen molar-refractivity contribution in [2.75, 3.05) is 12.3 Å². The van der Waals surface area contributed by atoms with Crippen LogP contribution >= 0.6 is 11.8 Å². The van der Waals surface area contributed by atoms with Crippen molar-refractivity contribution < 1.29 is 0 Å². The fourth-order valence-corrected chi connectivity index (χ4v) is 3.74. The molecular formula is C15H25N3S. The summed E-state index contributed by atoms with van der Waals surface area (Å²) >= 11 is 1.79. The Morgan fingerprint density at radius 1 is 1.26 bits per heavy atom. The van der Waals surface area contributed by atoms with E-state index in [1.165, 1.54) is 38.5 Å². The smallest absolute Gasteiger partial charge is 0.187 e. The summed E-state index contributed by atoms with van der Waals surface area (Å²) in [7, 11) is 0. The molecule has 4 heteroatoms. The van der Waals surface area contributed by atoms with Gasteiger partial charge in [0.05, 0.1) is 0 Å². The van der Waals surface area contributed by atoms with Gasteiger partial charge in [-0.15, -0.1) is 0 Å². The number of thioether (sulfide) groups is 1. The van der Waals surface area contributed by atoms with Crippen molar-refractivity contribution in [2.24, 2.45) is 5.92 Å². The lowest BCUT2D eigenvalue weighted by Gasteiger charge is -2.30. The van der Waals surface area contributed by atoms with Gasteiger partial charge in [-0.1, -0.05) is 37.9 Å². The van der Waals surface area contributed by atoms with Gasteiger partial charge in [0, 0.05) is 24.2 Å². The van der Waals surface area contributed by atoms with Crippen molar-refractivity contribution in [3.8, 4) is 0 Å². The van der Waals surface area contributed by atoms with E-state index in [0.717, 1.165) is 23.4 Å². The van der Waals surface area contributed by atoms with Crippen molar-refractivity contribution in [3.63, 3.8) is 0 Å². The van der Waals surface area contributed by atoms with Crippen molar-refractivity contribution >= 4 is 11.8 Å². The van der Waals surface area contributed by atoms with Crippen LogP contribution in [0.3, 0.4) is 0 Å². The molecule has 0 saturated heterocycles. The molecule has 1 fully saturated rings. The monoisotopic (exact) mass is 279 g/mol. The molecule has 19 heavy (non-hydrogen) atoms. The third-order valence-corrected chi connectivity index (χ3v) is 4.80. The zero-order valence-corrected chi connectivity index (χ0v) is 12.7. The molecule has 0 radical (unpaired) electrons. The number of nitrogens with zero attached hydrogens (tertiary/aromatic N) is 2. The Morgan fingerprint density at radius 2 is 2.00 bits per heavy atom. The van der Waals surface area contributed by atoms with E-state index < -0.39 is 0 Å². The van der Waals surface area contributed by atoms with Gasteiger partial charge in [0.25, 0.3) is 0 Å². The molecule has 106 valence electrons. The highest BCUT2D eigenvalue weighted by molar-refractivity contribution is 7.99. The van der Waals surface area contributed by atoms with Gasteiger partial charge in [0.1, 0.15) is 0 Å². The molecule has 1 N–H and O–H groups in total. The average Bonchev–Trinajstić information content (AvgIpc) is 2.49. The molecule has 1 unspecified atom stereocenters. The van der Waals surface area contributed by atoms with Crippen LogP contribution in [-0.2, 0) is 0 Å². The van der Waals surface area contributed by atoms with Crippen LogP contribution in [0.5, 0.6) is 0 Å². The van der Waals surface area contributed by atoms with Gasteiger partial charge in [0.2, 0.25) is 0 Å². The number of nitrogens with one attached hydrogen (secondary N) is 1. The van der Waals surface area contributed by atoms with Gasteiger partial charge in [-0.3, -0.25) is 0 Å². The summed E-state index contributed by atoms with van der Waals surface area (Å²) in [5.74, 6) is 1.94. The van der Waals surface area contributed by atoms with Crippen molar-refractivity contribution in [1.82, 2.24) is 15.3 Å². The summed E-state index contributed by atoms with van der Waals surface area (Å²) in [6.07, 6.45) is 11.9. The third-order valence-electron chi connectivity index (χ3n) is 3.81. The summed E-state index contributed by atoms with van der Waals surface area (Å²) < 4.78 is 0. The maximum Gasteiger partial charge on any atom is 0.187 e. The van der Waals surface area contributed by atoms with E-state index >= 15 is 0 Å². The molecule has 1 aromatic rings. The van der Waals surface area contributed by atoms with Crippen LogP contribution in [0.25, 0.3) is 0 Å². The molecule has 1 aromatic heterocycles. The standard InChI is InChI=1S/C15H25N3S/c1-2-9-16-14(13-7-4-3-5-8-13)12-19-15-17-10-6-11-18-15/h6,10-11,13-14,16H,2-5,7-9,12H2,1H3. The zero-order valence-electron chi connectivity index (χ0n) is 11.8. The first-order valence-corrected chi connectivity index (χ1v) is 8.52. The van der Waals surface area contributed by atoms with Crippen LogP contribution in [0.1, 0.15) is 45.4 Å². The SMILES string of the molecule is CCCNC(CSc1ncccn1)C1CCCCC1. The second-order valence-electron chi connectivity index (χ2n) is 5.30. The highest BCUT2D eigenvalue weighted by atomic mass is 32.2. The van der Waals surface area contributed by atoms with E-state index in [0.29, 0.717) is 6.04 Å². The first kappa shape index (κ1) is 14.8. The van der Waals surface area contributed by atoms with E-state index in [1.807, 2.05) is 18.5 Å². The lowest BCUT2D eigenvalue weighted by Crippen LogP contribution is -2.39. The predicted octanol–water partition coefficient (Wildman–Crippen LogP) is 3.52. The van der Waals surface area contributed by atoms with Gasteiger partial charge < -0.3 is 5.32 Å². The van der Waals surface area contributed by atoms with Crippen molar-refractivity contribution in [2.45, 2.75) is 56.6 Å². The Bertz CT molecular complexity index is 339. The molecule has 0 aromatic carbocycles. The minimum atomic E-state index is 0.619. The molecule has 0 bridgehead atoms. The van der Waals surface area contributed by atoms with Crippen LogP contribution in [0.4, 0.5) is 0 Å². The summed E-state index contributed by atoms with van der Waals surface area (Å²) in [6, 6.07) is 2.49. The van der Waals surface area contributed by atoms with E-state index in [4.69, 9.17) is 0 Å². The van der Waals surface area contributed by atoms with Crippen LogP contribution in [0.2, 0.25) is 0 Å². The molecule has 1 aliphatic carbocycles. The first-order chi connectivity index (χ1) is 9.40. The Hall–Kier alpha value is -0.610. The van der Waals surface area contributed by atoms with Crippen LogP contribution in [0.15, 0.2) is 23.6 Å². The average molecular weight is 279 g/mol. The molecule has 2 rings (SSSR count). The highest BCUT2D eigenvalue weighted by Crippen LogP contribution is 2.29. The first-order valence-electron chi connectivity index (χ1n) is 7.53. The number of hydrogen-bond donors (Lipinski definition) is 1. The van der Waals surface area contributed by atoms with E-state index in [-0.39, 0.29) is 0 Å². The van der Waals surface area contributed by atoms with E-state index in [1.54, 1.807) is 11.8 Å². The largest absolute Gasteiger partial charge is 0.313 e. The molecule has 3 nitrogen and oxygen atoms in total. The second kappa shape index (κ2) is 8.54. The van der Waals surface area contributed by atoms with Gasteiger partial charge >= 0.3 is 0 Å². The molecule has 1 heterocycles. The minimum Gasteiger partial charge on any atom is -0.313 e. The minimum absolute atomic E-state index is 0.619. The number of hydrogen-bond acceptors (Lipinski definition) is 4. The lowest BCUT2D eigenvalue weighted by atomic mass is 9.84. The second-order valence-corrected chi connectivity index (χ2v) is 6.29. The molecule has 1 atom stereocenters. The Labute approximate surface area is 121 Å². The lowest BCUT2D eigenvalue weighted by molar-refractivity contribution is 0.285. The Morgan fingerprint density at radius 3 is 2.68 bits per heavy atom. The van der Waals surface area contributed by atoms with Crippen LogP contribution in [0, 0.1) is 5.92 Å². The summed E-state index contributed by atoms with van der Waals surface area (Å²) in [5, 5.41) is 4.64. The fraction of sp³-hybridized carbons (Fsp3) is 0.733.